The Bertz CT molecular complexity index is 533. The van der Waals surface area contributed by atoms with Crippen LogP contribution in [0.15, 0.2) is 4.99 Å². The smallest absolute Gasteiger partial charge is 0.191 e. The summed E-state index contributed by atoms with van der Waals surface area (Å²) in [6.07, 6.45) is 3.56. The van der Waals surface area contributed by atoms with Crippen molar-refractivity contribution < 1.29 is 0 Å². The zero-order valence-electron chi connectivity index (χ0n) is 15.3. The molecule has 2 heterocycles. The van der Waals surface area contributed by atoms with E-state index in [0.717, 1.165) is 37.7 Å². The van der Waals surface area contributed by atoms with Crippen LogP contribution in [0.25, 0.3) is 0 Å². The van der Waals surface area contributed by atoms with E-state index in [0.29, 0.717) is 6.04 Å². The lowest BCUT2D eigenvalue weighted by Gasteiger charge is -2.24. The van der Waals surface area contributed by atoms with Crippen molar-refractivity contribution >= 4 is 5.96 Å². The molecule has 1 aliphatic heterocycles. The first-order valence-electron chi connectivity index (χ1n) is 8.74. The van der Waals surface area contributed by atoms with Gasteiger partial charge in [-0.05, 0) is 51.8 Å². The molecule has 2 N–H and O–H groups in total. The number of rotatable bonds is 6. The summed E-state index contributed by atoms with van der Waals surface area (Å²) >= 11 is 0. The minimum absolute atomic E-state index is 0.640. The molecule has 0 amide bonds. The number of nitrogens with zero attached hydrogens (tertiary/aromatic N) is 4. The predicted molar refractivity (Wildman–Crippen MR) is 96.0 cm³/mol. The average molecular weight is 320 g/mol. The molecule has 0 radical (unpaired) electrons. The lowest BCUT2D eigenvalue weighted by Crippen LogP contribution is -2.45. The zero-order valence-corrected chi connectivity index (χ0v) is 15.3. The fourth-order valence-electron chi connectivity index (χ4n) is 3.46. The number of guanidine groups is 1. The molecular weight excluding hydrogens is 288 g/mol. The number of nitrogens with one attached hydrogen (secondary N) is 2. The summed E-state index contributed by atoms with van der Waals surface area (Å²) in [7, 11) is 3.84. The summed E-state index contributed by atoms with van der Waals surface area (Å²) in [5.74, 6) is 0.896. The third-order valence-corrected chi connectivity index (χ3v) is 4.96. The topological polar surface area (TPSA) is 57.5 Å². The second kappa shape index (κ2) is 8.34. The molecule has 1 aromatic rings. The molecular formula is C17H32N6. The molecule has 1 aliphatic rings. The van der Waals surface area contributed by atoms with Crippen LogP contribution in [0.1, 0.15) is 36.7 Å². The highest BCUT2D eigenvalue weighted by Crippen LogP contribution is 2.15. The van der Waals surface area contributed by atoms with Gasteiger partial charge in [0.1, 0.15) is 0 Å². The quantitative estimate of drug-likeness (QED) is 0.611. The molecule has 0 aromatic carbocycles. The summed E-state index contributed by atoms with van der Waals surface area (Å²) < 4.78 is 1.96. The van der Waals surface area contributed by atoms with Crippen LogP contribution in [0.5, 0.6) is 0 Å². The lowest BCUT2D eigenvalue weighted by atomic mass is 10.1. The Kier molecular flexibility index (Phi) is 6.45. The highest BCUT2D eigenvalue weighted by atomic mass is 15.3. The Balaban J connectivity index is 1.77. The molecule has 0 bridgehead atoms. The molecule has 1 atom stereocenters. The first kappa shape index (κ1) is 17.8. The van der Waals surface area contributed by atoms with Gasteiger partial charge in [0, 0.05) is 38.9 Å². The van der Waals surface area contributed by atoms with Gasteiger partial charge in [-0.2, -0.15) is 5.10 Å². The number of hydrogen-bond donors (Lipinski definition) is 2. The molecule has 1 saturated heterocycles. The van der Waals surface area contributed by atoms with Gasteiger partial charge < -0.3 is 10.6 Å². The fourth-order valence-corrected chi connectivity index (χ4v) is 3.46. The van der Waals surface area contributed by atoms with E-state index in [1.807, 2.05) is 18.8 Å². The van der Waals surface area contributed by atoms with Crippen LogP contribution in [0.2, 0.25) is 0 Å². The number of likely N-dealkylation sites (tertiary alicyclic amines) is 1. The van der Waals surface area contributed by atoms with Gasteiger partial charge in [-0.15, -0.1) is 0 Å². The molecule has 6 heteroatoms. The summed E-state index contributed by atoms with van der Waals surface area (Å²) in [6.45, 7) is 10.7. The molecule has 0 spiro atoms. The molecule has 0 saturated carbocycles. The van der Waals surface area contributed by atoms with Gasteiger partial charge in [-0.25, -0.2) is 0 Å². The third-order valence-electron chi connectivity index (χ3n) is 4.96. The lowest BCUT2D eigenvalue weighted by molar-refractivity contribution is 0.267. The standard InChI is InChI=1S/C17H32N6/c1-6-23-11-7-8-15(23)12-20-17(18-4)19-10-9-16-13(2)21-22(5)14(16)3/h15H,6-12H2,1-5H3,(H2,18,19,20). The van der Waals surface area contributed by atoms with Crippen LogP contribution >= 0.6 is 0 Å². The first-order chi connectivity index (χ1) is 11.1. The van der Waals surface area contributed by atoms with Gasteiger partial charge in [0.05, 0.1) is 5.69 Å². The first-order valence-corrected chi connectivity index (χ1v) is 8.74. The van der Waals surface area contributed by atoms with Crippen molar-refractivity contribution in [2.24, 2.45) is 12.0 Å². The second-order valence-electron chi connectivity index (χ2n) is 6.33. The van der Waals surface area contributed by atoms with Crippen LogP contribution < -0.4 is 10.6 Å². The van der Waals surface area contributed by atoms with Crippen molar-refractivity contribution in [1.29, 1.82) is 0 Å². The van der Waals surface area contributed by atoms with Crippen molar-refractivity contribution in [2.75, 3.05) is 33.2 Å². The summed E-state index contributed by atoms with van der Waals surface area (Å²) in [5, 5.41) is 11.4. The van der Waals surface area contributed by atoms with E-state index in [2.05, 4.69) is 46.4 Å². The van der Waals surface area contributed by atoms with E-state index in [1.54, 1.807) is 0 Å². The van der Waals surface area contributed by atoms with Gasteiger partial charge in [0.15, 0.2) is 5.96 Å². The number of aliphatic imine (C=N–C) groups is 1. The maximum atomic E-state index is 4.47. The number of aromatic nitrogens is 2. The number of hydrogen-bond acceptors (Lipinski definition) is 3. The van der Waals surface area contributed by atoms with Crippen LogP contribution in [0.4, 0.5) is 0 Å². The number of likely N-dealkylation sites (N-methyl/N-ethyl adjacent to an activating group) is 1. The molecule has 6 nitrogen and oxygen atoms in total. The molecule has 23 heavy (non-hydrogen) atoms. The summed E-state index contributed by atoms with van der Waals surface area (Å²) in [4.78, 5) is 6.88. The minimum atomic E-state index is 0.640. The van der Waals surface area contributed by atoms with Gasteiger partial charge in [-0.1, -0.05) is 6.92 Å². The monoisotopic (exact) mass is 320 g/mol. The van der Waals surface area contributed by atoms with Crippen molar-refractivity contribution in [1.82, 2.24) is 25.3 Å². The Labute approximate surface area is 140 Å². The van der Waals surface area contributed by atoms with Crippen molar-refractivity contribution in [3.63, 3.8) is 0 Å². The molecule has 130 valence electrons. The third kappa shape index (κ3) is 4.47. The van der Waals surface area contributed by atoms with E-state index in [-0.39, 0.29) is 0 Å². The van der Waals surface area contributed by atoms with Crippen molar-refractivity contribution in [3.8, 4) is 0 Å². The molecule has 1 unspecified atom stereocenters. The Hall–Kier alpha value is -1.56. The van der Waals surface area contributed by atoms with E-state index < -0.39 is 0 Å². The predicted octanol–water partition coefficient (Wildman–Crippen LogP) is 1.23. The fraction of sp³-hybridized carbons (Fsp3) is 0.765. The van der Waals surface area contributed by atoms with Crippen molar-refractivity contribution in [2.45, 2.75) is 46.1 Å². The highest BCUT2D eigenvalue weighted by Gasteiger charge is 2.22. The molecule has 2 rings (SSSR count). The van der Waals surface area contributed by atoms with E-state index in [9.17, 15) is 0 Å². The molecule has 0 aliphatic carbocycles. The van der Waals surface area contributed by atoms with E-state index >= 15 is 0 Å². The SMILES string of the molecule is CCN1CCCC1CNC(=NC)NCCc1c(C)nn(C)c1C. The molecule has 1 aromatic heterocycles. The zero-order chi connectivity index (χ0) is 16.8. The minimum Gasteiger partial charge on any atom is -0.356 e. The normalized spacial score (nSPS) is 19.3. The van der Waals surface area contributed by atoms with Gasteiger partial charge in [0.25, 0.3) is 0 Å². The summed E-state index contributed by atoms with van der Waals surface area (Å²) in [5.41, 5.74) is 3.71. The van der Waals surface area contributed by atoms with Gasteiger partial charge >= 0.3 is 0 Å². The van der Waals surface area contributed by atoms with Crippen LogP contribution in [-0.4, -0.2) is 59.9 Å². The Morgan fingerprint density at radius 1 is 1.35 bits per heavy atom. The summed E-state index contributed by atoms with van der Waals surface area (Å²) in [6, 6.07) is 0.640. The van der Waals surface area contributed by atoms with Gasteiger partial charge in [0.2, 0.25) is 0 Å². The second-order valence-corrected chi connectivity index (χ2v) is 6.33. The van der Waals surface area contributed by atoms with Crippen molar-refractivity contribution in [3.05, 3.63) is 17.0 Å². The van der Waals surface area contributed by atoms with Gasteiger partial charge in [-0.3, -0.25) is 14.6 Å². The van der Waals surface area contributed by atoms with E-state index in [4.69, 9.17) is 0 Å². The maximum absolute atomic E-state index is 4.47. The highest BCUT2D eigenvalue weighted by molar-refractivity contribution is 5.79. The number of aryl methyl sites for hydroxylation is 2. The maximum Gasteiger partial charge on any atom is 0.191 e. The van der Waals surface area contributed by atoms with Crippen LogP contribution in [0, 0.1) is 13.8 Å². The van der Waals surface area contributed by atoms with E-state index in [1.165, 1.54) is 30.6 Å². The van der Waals surface area contributed by atoms with Crippen LogP contribution in [-0.2, 0) is 13.5 Å². The average Bonchev–Trinajstić information content (AvgIpc) is 3.09. The Morgan fingerprint density at radius 2 is 2.13 bits per heavy atom. The Morgan fingerprint density at radius 3 is 2.74 bits per heavy atom. The van der Waals surface area contributed by atoms with Crippen LogP contribution in [0.3, 0.4) is 0 Å². The largest absolute Gasteiger partial charge is 0.356 e. The molecule has 1 fully saturated rings.